The van der Waals surface area contributed by atoms with Gasteiger partial charge in [0.15, 0.2) is 0 Å². The Morgan fingerprint density at radius 1 is 1.17 bits per heavy atom. The molecule has 1 aromatic rings. The van der Waals surface area contributed by atoms with Crippen LogP contribution in [-0.2, 0) is 0 Å². The number of allylic oxidation sites excluding steroid dienone is 1. The molecule has 0 radical (unpaired) electrons. The molecule has 0 unspecified atom stereocenters. The Bertz CT molecular complexity index is 287. The van der Waals surface area contributed by atoms with Crippen LogP contribution in [0.1, 0.15) is 13.3 Å². The van der Waals surface area contributed by atoms with Crippen LogP contribution in [0.5, 0.6) is 0 Å². The van der Waals surface area contributed by atoms with Gasteiger partial charge in [-0.3, -0.25) is 0 Å². The summed E-state index contributed by atoms with van der Waals surface area (Å²) in [4.78, 5) is 0. The maximum atomic E-state index is 2.61. The zero-order valence-corrected chi connectivity index (χ0v) is 10.8. The summed E-state index contributed by atoms with van der Waals surface area (Å²) in [6, 6.07) is 11.1. The Balaban J connectivity index is 2.22. The fourth-order valence-electron chi connectivity index (χ4n) is 1.86. The van der Waals surface area contributed by atoms with Gasteiger partial charge < -0.3 is 0 Å². The molecule has 12 heavy (non-hydrogen) atoms. The van der Waals surface area contributed by atoms with E-state index in [0.29, 0.717) is 0 Å². The first-order valence-electron chi connectivity index (χ1n) is 4.58. The molecule has 0 saturated heterocycles. The molecule has 0 fully saturated rings. The van der Waals surface area contributed by atoms with Crippen LogP contribution in [0.15, 0.2) is 39.7 Å². The van der Waals surface area contributed by atoms with Gasteiger partial charge in [0.2, 0.25) is 0 Å². The van der Waals surface area contributed by atoms with E-state index in [0.717, 1.165) is 0 Å². The van der Waals surface area contributed by atoms with Gasteiger partial charge in [0.25, 0.3) is 0 Å². The minimum absolute atomic E-state index is 1.35. The summed E-state index contributed by atoms with van der Waals surface area (Å²) >= 11 is -1.35. The van der Waals surface area contributed by atoms with E-state index in [-0.39, 0.29) is 0 Å². The molecule has 0 aliphatic carbocycles. The topological polar surface area (TPSA) is 0 Å². The molecular formula is C11H13In. The molecule has 0 bridgehead atoms. The van der Waals surface area contributed by atoms with Crippen molar-refractivity contribution in [3.05, 3.63) is 39.7 Å². The van der Waals surface area contributed by atoms with Crippen molar-refractivity contribution in [2.75, 3.05) is 0 Å². The van der Waals surface area contributed by atoms with Crippen molar-refractivity contribution in [2.45, 2.75) is 17.5 Å². The maximum absolute atomic E-state index is 2.61. The third-order valence-electron chi connectivity index (χ3n) is 2.56. The second kappa shape index (κ2) is 3.69. The van der Waals surface area contributed by atoms with Crippen molar-refractivity contribution >= 4 is 24.8 Å². The summed E-state index contributed by atoms with van der Waals surface area (Å²) in [7, 11) is 0. The molecule has 0 nitrogen and oxygen atoms in total. The monoisotopic (exact) mass is 260 g/mol. The second-order valence-electron chi connectivity index (χ2n) is 3.57. The van der Waals surface area contributed by atoms with Gasteiger partial charge in [0.05, 0.1) is 0 Å². The standard InChI is InChI=1S/C6H5.C5H8.In/c1-2-4-6-5-3-1;1-4-5(2)3;/h1-5H;2H,1,4H2,3H3;. The van der Waals surface area contributed by atoms with E-state index < -0.39 is 21.4 Å². The van der Waals surface area contributed by atoms with Gasteiger partial charge in [-0.05, 0) is 0 Å². The number of hydrogen-bond acceptors (Lipinski definition) is 0. The van der Waals surface area contributed by atoms with E-state index in [2.05, 4.69) is 41.1 Å². The Labute approximate surface area is 81.8 Å². The van der Waals surface area contributed by atoms with Gasteiger partial charge in [0.1, 0.15) is 0 Å². The van der Waals surface area contributed by atoms with Crippen LogP contribution in [0.4, 0.5) is 0 Å². The Kier molecular flexibility index (Phi) is 2.60. The average molecular weight is 260 g/mol. The zero-order chi connectivity index (χ0) is 8.39. The second-order valence-corrected chi connectivity index (χ2v) is 11.5. The summed E-state index contributed by atoms with van der Waals surface area (Å²) in [5.74, 6) is 0. The zero-order valence-electron chi connectivity index (χ0n) is 7.46. The van der Waals surface area contributed by atoms with Crippen molar-refractivity contribution in [1.29, 1.82) is 0 Å². The van der Waals surface area contributed by atoms with E-state index in [1.165, 1.54) is 10.6 Å². The molecule has 2 rings (SSSR count). The van der Waals surface area contributed by atoms with Gasteiger partial charge in [0, 0.05) is 0 Å². The summed E-state index contributed by atoms with van der Waals surface area (Å²) in [6.45, 7) is 2.28. The summed E-state index contributed by atoms with van der Waals surface area (Å²) in [5, 5.41) is 0. The number of rotatable bonds is 1. The third-order valence-corrected chi connectivity index (χ3v) is 11.5. The van der Waals surface area contributed by atoms with Crippen LogP contribution in [0, 0.1) is 0 Å². The molecule has 0 spiro atoms. The van der Waals surface area contributed by atoms with E-state index in [4.69, 9.17) is 0 Å². The van der Waals surface area contributed by atoms with Crippen LogP contribution in [0.2, 0.25) is 4.18 Å². The van der Waals surface area contributed by atoms with Crippen LogP contribution in [0.3, 0.4) is 0 Å². The van der Waals surface area contributed by atoms with E-state index in [1.54, 1.807) is 8.89 Å². The first-order chi connectivity index (χ1) is 5.86. The van der Waals surface area contributed by atoms with Crippen molar-refractivity contribution in [1.82, 2.24) is 0 Å². The Morgan fingerprint density at radius 3 is 2.50 bits per heavy atom. The molecule has 0 atom stereocenters. The molecular weight excluding hydrogens is 247 g/mol. The normalized spacial score (nSPS) is 16.4. The minimum atomic E-state index is -1.35. The van der Waals surface area contributed by atoms with Gasteiger partial charge in [-0.25, -0.2) is 0 Å². The summed E-state index contributed by atoms with van der Waals surface area (Å²) < 4.78 is 5.80. The quantitative estimate of drug-likeness (QED) is 0.726. The first kappa shape index (κ1) is 8.43. The fourth-order valence-corrected chi connectivity index (χ4v) is 10.5. The van der Waals surface area contributed by atoms with Crippen molar-refractivity contribution < 1.29 is 0 Å². The van der Waals surface area contributed by atoms with E-state index in [9.17, 15) is 0 Å². The van der Waals surface area contributed by atoms with Crippen molar-refractivity contribution in [2.24, 2.45) is 0 Å². The van der Waals surface area contributed by atoms with E-state index in [1.807, 2.05) is 0 Å². The molecule has 1 aliphatic heterocycles. The van der Waals surface area contributed by atoms with Crippen LogP contribution in [0.25, 0.3) is 0 Å². The number of benzene rings is 1. The average Bonchev–Trinajstić information content (AvgIpc) is 2.54. The molecule has 1 heterocycles. The van der Waals surface area contributed by atoms with Gasteiger partial charge in [-0.2, -0.15) is 0 Å². The first-order valence-corrected chi connectivity index (χ1v) is 10.5. The predicted octanol–water partition coefficient (Wildman–Crippen LogP) is 2.28. The molecule has 60 valence electrons. The molecule has 0 aromatic heterocycles. The Hall–Kier alpha value is -0.170. The molecule has 0 saturated carbocycles. The van der Waals surface area contributed by atoms with Crippen LogP contribution < -0.4 is 3.32 Å². The molecule has 1 aromatic carbocycles. The van der Waals surface area contributed by atoms with Crippen molar-refractivity contribution in [3.8, 4) is 0 Å². The molecule has 0 N–H and O–H groups in total. The number of hydrogen-bond donors (Lipinski definition) is 0. The Morgan fingerprint density at radius 2 is 1.92 bits per heavy atom. The van der Waals surface area contributed by atoms with Gasteiger partial charge >= 0.3 is 82.0 Å². The summed E-state index contributed by atoms with van der Waals surface area (Å²) in [6.07, 6.45) is 1.37. The van der Waals surface area contributed by atoms with Crippen molar-refractivity contribution in [3.63, 3.8) is 0 Å². The third kappa shape index (κ3) is 1.77. The van der Waals surface area contributed by atoms with Crippen LogP contribution in [-0.4, -0.2) is 21.4 Å². The molecule has 1 heteroatoms. The SMILES string of the molecule is CC1=[CH][In]([c]2ccccc2)[CH2]C1. The predicted molar refractivity (Wildman–Crippen MR) is 55.0 cm³/mol. The fraction of sp³-hybridized carbons (Fsp3) is 0.273. The van der Waals surface area contributed by atoms with Gasteiger partial charge in [-0.15, -0.1) is 0 Å². The van der Waals surface area contributed by atoms with E-state index >= 15 is 0 Å². The van der Waals surface area contributed by atoms with Gasteiger partial charge in [-0.1, -0.05) is 0 Å². The molecule has 1 aliphatic rings. The molecule has 0 amide bonds. The van der Waals surface area contributed by atoms with Crippen LogP contribution >= 0.6 is 0 Å². The summed E-state index contributed by atoms with van der Waals surface area (Å²) in [5.41, 5.74) is 1.64.